The third kappa shape index (κ3) is 3.20. The fourth-order valence-corrected chi connectivity index (χ4v) is 3.84. The van der Waals surface area contributed by atoms with Gasteiger partial charge in [-0.15, -0.1) is 0 Å². The van der Waals surface area contributed by atoms with Gasteiger partial charge in [0.1, 0.15) is 5.82 Å². The van der Waals surface area contributed by atoms with Gasteiger partial charge < -0.3 is 14.8 Å². The third-order valence-electron chi connectivity index (χ3n) is 4.98. The fourth-order valence-electron chi connectivity index (χ4n) is 3.64. The first-order valence-electron chi connectivity index (χ1n) is 8.92. The zero-order chi connectivity index (χ0) is 19.7. The average molecular weight is 398 g/mol. The molecule has 0 radical (unpaired) electrons. The van der Waals surface area contributed by atoms with Crippen molar-refractivity contribution in [1.82, 2.24) is 9.78 Å². The van der Waals surface area contributed by atoms with Gasteiger partial charge in [0.15, 0.2) is 11.5 Å². The number of aromatic nitrogens is 2. The van der Waals surface area contributed by atoms with Crippen molar-refractivity contribution >= 4 is 23.3 Å². The summed E-state index contributed by atoms with van der Waals surface area (Å²) in [5.41, 5.74) is 2.78. The second-order valence-corrected chi connectivity index (χ2v) is 6.99. The second kappa shape index (κ2) is 7.56. The number of nitrogens with one attached hydrogen (secondary N) is 1. The number of amides is 1. The van der Waals surface area contributed by atoms with Gasteiger partial charge >= 0.3 is 0 Å². The van der Waals surface area contributed by atoms with Crippen LogP contribution in [0.4, 0.5) is 5.82 Å². The molecule has 1 aromatic heterocycles. The summed E-state index contributed by atoms with van der Waals surface area (Å²) >= 11 is 6.29. The van der Waals surface area contributed by atoms with E-state index in [1.807, 2.05) is 42.5 Å². The second-order valence-electron chi connectivity index (χ2n) is 6.59. The first-order chi connectivity index (χ1) is 13.6. The smallest absolute Gasteiger partial charge is 0.226 e. The molecule has 3 aromatic rings. The van der Waals surface area contributed by atoms with Crippen molar-refractivity contribution in [1.29, 1.82) is 0 Å². The molecular formula is C21H20ClN3O3. The van der Waals surface area contributed by atoms with E-state index in [9.17, 15) is 4.79 Å². The molecule has 1 aliphatic heterocycles. The molecule has 0 fully saturated rings. The number of nitrogens with zero attached hydrogens (tertiary/aromatic N) is 2. The minimum atomic E-state index is -0.172. The fraction of sp³-hybridized carbons (Fsp3) is 0.238. The molecule has 1 N–H and O–H groups in total. The Morgan fingerprint density at radius 1 is 1.14 bits per heavy atom. The molecule has 0 bridgehead atoms. The van der Waals surface area contributed by atoms with Crippen LogP contribution in [0, 0.1) is 0 Å². The molecular weight excluding hydrogens is 378 g/mol. The van der Waals surface area contributed by atoms with Crippen molar-refractivity contribution in [3.05, 3.63) is 70.4 Å². The zero-order valence-electron chi connectivity index (χ0n) is 15.6. The Hall–Kier alpha value is -2.99. The number of benzene rings is 2. The van der Waals surface area contributed by atoms with E-state index in [1.54, 1.807) is 25.1 Å². The van der Waals surface area contributed by atoms with Crippen molar-refractivity contribution in [3.8, 4) is 11.5 Å². The highest BCUT2D eigenvalue weighted by Crippen LogP contribution is 2.44. The highest BCUT2D eigenvalue weighted by atomic mass is 35.5. The Balaban J connectivity index is 1.76. The van der Waals surface area contributed by atoms with Crippen LogP contribution < -0.4 is 14.8 Å². The maximum absolute atomic E-state index is 12.5. The molecule has 0 unspecified atom stereocenters. The predicted octanol–water partition coefficient (Wildman–Crippen LogP) is 4.08. The number of carbonyl (C=O) groups is 1. The Kier molecular flexibility index (Phi) is 4.96. The quantitative estimate of drug-likeness (QED) is 0.704. The number of anilines is 1. The number of methoxy groups -OCH3 is 2. The van der Waals surface area contributed by atoms with E-state index >= 15 is 0 Å². The Labute approximate surface area is 168 Å². The number of hydrogen-bond acceptors (Lipinski definition) is 4. The van der Waals surface area contributed by atoms with Crippen LogP contribution in [0.25, 0.3) is 0 Å². The van der Waals surface area contributed by atoms with Crippen molar-refractivity contribution < 1.29 is 14.3 Å². The molecule has 1 atom stereocenters. The van der Waals surface area contributed by atoms with E-state index in [1.165, 1.54) is 0 Å². The summed E-state index contributed by atoms with van der Waals surface area (Å²) in [5.74, 6) is 1.72. The third-order valence-corrected chi connectivity index (χ3v) is 5.35. The van der Waals surface area contributed by atoms with Gasteiger partial charge in [0.25, 0.3) is 0 Å². The highest BCUT2D eigenvalue weighted by molar-refractivity contribution is 6.31. The van der Waals surface area contributed by atoms with Gasteiger partial charge in [-0.25, -0.2) is 4.68 Å². The van der Waals surface area contributed by atoms with Crippen LogP contribution in [0.5, 0.6) is 11.5 Å². The zero-order valence-corrected chi connectivity index (χ0v) is 16.4. The molecule has 2 aromatic carbocycles. The molecule has 0 aliphatic carbocycles. The maximum atomic E-state index is 12.5. The van der Waals surface area contributed by atoms with Gasteiger partial charge in [0.05, 0.1) is 27.0 Å². The summed E-state index contributed by atoms with van der Waals surface area (Å²) in [4.78, 5) is 12.5. The van der Waals surface area contributed by atoms with Crippen molar-refractivity contribution in [2.24, 2.45) is 0 Å². The molecule has 144 valence electrons. The summed E-state index contributed by atoms with van der Waals surface area (Å²) < 4.78 is 12.8. The Bertz CT molecular complexity index is 1030. The number of ether oxygens (including phenoxy) is 2. The van der Waals surface area contributed by atoms with E-state index < -0.39 is 0 Å². The number of para-hydroxylation sites is 1. The standard InChI is InChI=1S/C21H20ClN3O3/c1-27-18-9-5-7-14(20(18)28-2)15-10-19(26)24-21-16(15)11-23-25(21)12-13-6-3-4-8-17(13)22/h3-9,11,15H,10,12H2,1-2H3,(H,24,26)/t15-/m1/s1. The van der Waals surface area contributed by atoms with Gasteiger partial charge in [-0.05, 0) is 17.7 Å². The van der Waals surface area contributed by atoms with E-state index in [-0.39, 0.29) is 11.8 Å². The first-order valence-corrected chi connectivity index (χ1v) is 9.30. The van der Waals surface area contributed by atoms with Crippen molar-refractivity contribution in [3.63, 3.8) is 0 Å². The molecule has 4 rings (SSSR count). The van der Waals surface area contributed by atoms with Gasteiger partial charge in [-0.2, -0.15) is 5.10 Å². The van der Waals surface area contributed by atoms with Crippen LogP contribution in [0.3, 0.4) is 0 Å². The molecule has 1 amide bonds. The van der Waals surface area contributed by atoms with Crippen LogP contribution in [0.2, 0.25) is 5.02 Å². The first kappa shape index (κ1) is 18.4. The van der Waals surface area contributed by atoms with Crippen molar-refractivity contribution in [2.75, 3.05) is 19.5 Å². The summed E-state index contributed by atoms with van der Waals surface area (Å²) in [6.07, 6.45) is 2.11. The lowest BCUT2D eigenvalue weighted by molar-refractivity contribution is -0.116. The Morgan fingerprint density at radius 3 is 2.71 bits per heavy atom. The van der Waals surface area contributed by atoms with E-state index in [0.717, 1.165) is 16.7 Å². The van der Waals surface area contributed by atoms with Gasteiger partial charge in [0.2, 0.25) is 5.91 Å². The van der Waals surface area contributed by atoms with Gasteiger partial charge in [0, 0.05) is 28.5 Å². The Morgan fingerprint density at radius 2 is 1.96 bits per heavy atom. The van der Waals surface area contributed by atoms with Crippen LogP contribution in [-0.4, -0.2) is 29.9 Å². The largest absolute Gasteiger partial charge is 0.493 e. The minimum Gasteiger partial charge on any atom is -0.493 e. The monoisotopic (exact) mass is 397 g/mol. The maximum Gasteiger partial charge on any atom is 0.226 e. The SMILES string of the molecule is COc1cccc([C@H]2CC(=O)Nc3c2cnn3Cc2ccccc2Cl)c1OC. The van der Waals surface area contributed by atoms with E-state index in [0.29, 0.717) is 35.3 Å². The average Bonchev–Trinajstić information content (AvgIpc) is 3.11. The molecule has 0 saturated heterocycles. The molecule has 7 heteroatoms. The molecule has 1 aliphatic rings. The highest BCUT2D eigenvalue weighted by Gasteiger charge is 2.32. The molecule has 6 nitrogen and oxygen atoms in total. The van der Waals surface area contributed by atoms with Crippen LogP contribution in [0.1, 0.15) is 29.0 Å². The summed E-state index contributed by atoms with van der Waals surface area (Å²) in [5, 5.41) is 8.14. The number of hydrogen-bond donors (Lipinski definition) is 1. The summed E-state index contributed by atoms with van der Waals surface area (Å²) in [7, 11) is 3.20. The molecule has 0 spiro atoms. The topological polar surface area (TPSA) is 65.4 Å². The lowest BCUT2D eigenvalue weighted by Gasteiger charge is -2.25. The van der Waals surface area contributed by atoms with E-state index in [2.05, 4.69) is 10.4 Å². The molecule has 0 saturated carbocycles. The summed E-state index contributed by atoms with van der Waals surface area (Å²) in [6.45, 7) is 0.469. The number of fused-ring (bicyclic) bond motifs is 1. The van der Waals surface area contributed by atoms with Gasteiger partial charge in [-0.3, -0.25) is 4.79 Å². The van der Waals surface area contributed by atoms with Crippen LogP contribution in [0.15, 0.2) is 48.7 Å². The predicted molar refractivity (Wildman–Crippen MR) is 107 cm³/mol. The number of rotatable bonds is 5. The summed E-state index contributed by atoms with van der Waals surface area (Å²) in [6, 6.07) is 13.3. The van der Waals surface area contributed by atoms with E-state index in [4.69, 9.17) is 21.1 Å². The number of carbonyl (C=O) groups excluding carboxylic acids is 1. The lowest BCUT2D eigenvalue weighted by Crippen LogP contribution is -2.25. The van der Waals surface area contributed by atoms with Crippen molar-refractivity contribution in [2.45, 2.75) is 18.9 Å². The molecule has 28 heavy (non-hydrogen) atoms. The minimum absolute atomic E-state index is 0.0664. The molecule has 2 heterocycles. The van der Waals surface area contributed by atoms with Gasteiger partial charge in [-0.1, -0.05) is 41.9 Å². The normalized spacial score (nSPS) is 15.7. The number of halogens is 1. The lowest BCUT2D eigenvalue weighted by atomic mass is 9.86. The van der Waals surface area contributed by atoms with Crippen LogP contribution >= 0.6 is 11.6 Å². The van der Waals surface area contributed by atoms with Crippen LogP contribution in [-0.2, 0) is 11.3 Å².